The fourth-order valence-electron chi connectivity index (χ4n) is 3.41. The second-order valence-corrected chi connectivity index (χ2v) is 6.88. The first-order chi connectivity index (χ1) is 11.1. The molecule has 122 valence electrons. The molecule has 1 aliphatic carbocycles. The van der Waals surface area contributed by atoms with Crippen LogP contribution in [-0.2, 0) is 0 Å². The molecule has 1 aliphatic rings. The van der Waals surface area contributed by atoms with Crippen LogP contribution < -0.4 is 10.6 Å². The molecule has 0 atom stereocenters. The van der Waals surface area contributed by atoms with E-state index < -0.39 is 0 Å². The highest BCUT2D eigenvalue weighted by atomic mass is 14.9. The van der Waals surface area contributed by atoms with Gasteiger partial charge in [-0.1, -0.05) is 31.4 Å². The molecule has 2 N–H and O–H groups in total. The predicted molar refractivity (Wildman–Crippen MR) is 101 cm³/mol. The van der Waals surface area contributed by atoms with Gasteiger partial charge in [-0.3, -0.25) is 0 Å². The van der Waals surface area contributed by atoms with E-state index in [1.807, 2.05) is 0 Å². The molecule has 23 heavy (non-hydrogen) atoms. The molecular formula is C21H28N2. The van der Waals surface area contributed by atoms with Crippen molar-refractivity contribution in [1.29, 1.82) is 0 Å². The first-order valence-corrected chi connectivity index (χ1v) is 8.84. The van der Waals surface area contributed by atoms with E-state index in [1.165, 1.54) is 65.9 Å². The van der Waals surface area contributed by atoms with Crippen LogP contribution >= 0.6 is 0 Å². The SMILES string of the molecule is Cc1cc(NC2CCCCC2)ccc1Nc1cccc(C)c1C. The fourth-order valence-corrected chi connectivity index (χ4v) is 3.41. The van der Waals surface area contributed by atoms with Crippen LogP contribution in [0.5, 0.6) is 0 Å². The first-order valence-electron chi connectivity index (χ1n) is 8.84. The maximum Gasteiger partial charge on any atom is 0.0416 e. The maximum absolute atomic E-state index is 3.71. The molecule has 0 aliphatic heterocycles. The Morgan fingerprint density at radius 3 is 2.35 bits per heavy atom. The van der Waals surface area contributed by atoms with Crippen molar-refractivity contribution >= 4 is 17.1 Å². The summed E-state index contributed by atoms with van der Waals surface area (Å²) in [5.74, 6) is 0. The number of hydrogen-bond donors (Lipinski definition) is 2. The second-order valence-electron chi connectivity index (χ2n) is 6.88. The molecule has 2 aromatic rings. The lowest BCUT2D eigenvalue weighted by Crippen LogP contribution is -2.22. The van der Waals surface area contributed by atoms with Crippen LogP contribution in [0.4, 0.5) is 17.1 Å². The third-order valence-corrected chi connectivity index (χ3v) is 5.08. The second kappa shape index (κ2) is 7.08. The number of benzene rings is 2. The van der Waals surface area contributed by atoms with Gasteiger partial charge in [-0.05, 0) is 74.6 Å². The van der Waals surface area contributed by atoms with E-state index in [0.717, 1.165) is 0 Å². The van der Waals surface area contributed by atoms with E-state index in [4.69, 9.17) is 0 Å². The summed E-state index contributed by atoms with van der Waals surface area (Å²) < 4.78 is 0. The quantitative estimate of drug-likeness (QED) is 0.713. The smallest absolute Gasteiger partial charge is 0.0416 e. The monoisotopic (exact) mass is 308 g/mol. The summed E-state index contributed by atoms with van der Waals surface area (Å²) in [4.78, 5) is 0. The molecular weight excluding hydrogens is 280 g/mol. The van der Waals surface area contributed by atoms with Gasteiger partial charge in [-0.2, -0.15) is 0 Å². The van der Waals surface area contributed by atoms with Gasteiger partial charge in [0.05, 0.1) is 0 Å². The standard InChI is InChI=1S/C21H28N2/c1-15-8-7-11-21(17(15)3)23-20-13-12-19(14-16(20)2)22-18-9-5-4-6-10-18/h7-8,11-14,18,22-23H,4-6,9-10H2,1-3H3. The van der Waals surface area contributed by atoms with Gasteiger partial charge in [-0.25, -0.2) is 0 Å². The lowest BCUT2D eigenvalue weighted by Gasteiger charge is -2.24. The largest absolute Gasteiger partial charge is 0.382 e. The molecule has 0 heterocycles. The minimum Gasteiger partial charge on any atom is -0.382 e. The third-order valence-electron chi connectivity index (χ3n) is 5.08. The van der Waals surface area contributed by atoms with Crippen LogP contribution in [0.25, 0.3) is 0 Å². The zero-order valence-corrected chi connectivity index (χ0v) is 14.6. The van der Waals surface area contributed by atoms with Crippen molar-refractivity contribution in [1.82, 2.24) is 0 Å². The van der Waals surface area contributed by atoms with Gasteiger partial charge < -0.3 is 10.6 Å². The highest BCUT2D eigenvalue weighted by Crippen LogP contribution is 2.28. The molecule has 0 unspecified atom stereocenters. The summed E-state index contributed by atoms with van der Waals surface area (Å²) in [5.41, 5.74) is 7.56. The van der Waals surface area contributed by atoms with Crippen LogP contribution in [0, 0.1) is 20.8 Å². The van der Waals surface area contributed by atoms with E-state index in [0.29, 0.717) is 6.04 Å². The molecule has 1 saturated carbocycles. The van der Waals surface area contributed by atoms with Gasteiger partial charge in [0.15, 0.2) is 0 Å². The van der Waals surface area contributed by atoms with E-state index in [1.54, 1.807) is 0 Å². The van der Waals surface area contributed by atoms with E-state index in [-0.39, 0.29) is 0 Å². The predicted octanol–water partition coefficient (Wildman–Crippen LogP) is 6.10. The summed E-state index contributed by atoms with van der Waals surface area (Å²) >= 11 is 0. The lowest BCUT2D eigenvalue weighted by molar-refractivity contribution is 0.463. The summed E-state index contributed by atoms with van der Waals surface area (Å²) in [6.45, 7) is 6.51. The Kier molecular flexibility index (Phi) is 4.90. The molecule has 2 heteroatoms. The van der Waals surface area contributed by atoms with Crippen LogP contribution in [-0.4, -0.2) is 6.04 Å². The molecule has 0 aromatic heterocycles. The van der Waals surface area contributed by atoms with Crippen LogP contribution in [0.2, 0.25) is 0 Å². The Labute approximate surface area is 140 Å². The fraction of sp³-hybridized carbons (Fsp3) is 0.429. The molecule has 0 amide bonds. The van der Waals surface area contributed by atoms with Gasteiger partial charge in [0.2, 0.25) is 0 Å². The Bertz CT molecular complexity index is 670. The zero-order valence-electron chi connectivity index (χ0n) is 14.6. The van der Waals surface area contributed by atoms with E-state index in [2.05, 4.69) is 67.8 Å². The normalized spacial score (nSPS) is 15.4. The molecule has 1 fully saturated rings. The van der Waals surface area contributed by atoms with Crippen molar-refractivity contribution in [2.75, 3.05) is 10.6 Å². The van der Waals surface area contributed by atoms with Gasteiger partial charge in [0, 0.05) is 23.1 Å². The maximum atomic E-state index is 3.71. The molecule has 3 rings (SSSR count). The number of nitrogens with one attached hydrogen (secondary N) is 2. The summed E-state index contributed by atoms with van der Waals surface area (Å²) in [5, 5.41) is 7.29. The summed E-state index contributed by atoms with van der Waals surface area (Å²) in [6, 6.07) is 13.7. The minimum absolute atomic E-state index is 0.654. The van der Waals surface area contributed by atoms with Crippen LogP contribution in [0.3, 0.4) is 0 Å². The molecule has 2 aromatic carbocycles. The van der Waals surface area contributed by atoms with E-state index >= 15 is 0 Å². The Hall–Kier alpha value is -1.96. The topological polar surface area (TPSA) is 24.1 Å². The summed E-state index contributed by atoms with van der Waals surface area (Å²) in [7, 11) is 0. The van der Waals surface area contributed by atoms with Gasteiger partial charge in [0.1, 0.15) is 0 Å². The van der Waals surface area contributed by atoms with Crippen molar-refractivity contribution in [3.63, 3.8) is 0 Å². The average Bonchev–Trinajstić information content (AvgIpc) is 2.55. The number of aryl methyl sites for hydroxylation is 2. The number of rotatable bonds is 4. The van der Waals surface area contributed by atoms with Gasteiger partial charge >= 0.3 is 0 Å². The van der Waals surface area contributed by atoms with Gasteiger partial charge in [-0.15, -0.1) is 0 Å². The molecule has 0 spiro atoms. The van der Waals surface area contributed by atoms with Crippen LogP contribution in [0.15, 0.2) is 36.4 Å². The Morgan fingerprint density at radius 2 is 1.61 bits per heavy atom. The number of hydrogen-bond acceptors (Lipinski definition) is 2. The van der Waals surface area contributed by atoms with Crippen molar-refractivity contribution in [3.05, 3.63) is 53.1 Å². The molecule has 0 saturated heterocycles. The molecule has 0 bridgehead atoms. The highest BCUT2D eigenvalue weighted by molar-refractivity contribution is 5.69. The van der Waals surface area contributed by atoms with Gasteiger partial charge in [0.25, 0.3) is 0 Å². The van der Waals surface area contributed by atoms with Crippen molar-refractivity contribution in [3.8, 4) is 0 Å². The van der Waals surface area contributed by atoms with Crippen molar-refractivity contribution < 1.29 is 0 Å². The zero-order chi connectivity index (χ0) is 16.2. The van der Waals surface area contributed by atoms with Crippen LogP contribution in [0.1, 0.15) is 48.8 Å². The van der Waals surface area contributed by atoms with Crippen molar-refractivity contribution in [2.24, 2.45) is 0 Å². The Balaban J connectivity index is 1.72. The Morgan fingerprint density at radius 1 is 0.826 bits per heavy atom. The number of anilines is 3. The highest BCUT2D eigenvalue weighted by Gasteiger charge is 2.13. The van der Waals surface area contributed by atoms with E-state index in [9.17, 15) is 0 Å². The average molecular weight is 308 g/mol. The third kappa shape index (κ3) is 3.87. The molecule has 2 nitrogen and oxygen atoms in total. The minimum atomic E-state index is 0.654. The molecule has 0 radical (unpaired) electrons. The first kappa shape index (κ1) is 15.9. The summed E-state index contributed by atoms with van der Waals surface area (Å²) in [6.07, 6.45) is 6.74. The lowest BCUT2D eigenvalue weighted by atomic mass is 9.95. The van der Waals surface area contributed by atoms with Crippen molar-refractivity contribution in [2.45, 2.75) is 58.9 Å².